The lowest BCUT2D eigenvalue weighted by molar-refractivity contribution is -0.874. The van der Waals surface area contributed by atoms with Crippen LogP contribution in [0.25, 0.3) is 0 Å². The van der Waals surface area contributed by atoms with E-state index in [1.54, 1.807) is 7.05 Å². The molecule has 0 aliphatic carbocycles. The maximum atomic E-state index is 12.3. The molecule has 108 valence electrons. The summed E-state index contributed by atoms with van der Waals surface area (Å²) in [5, 5.41) is 12.3. The minimum absolute atomic E-state index is 0.140. The largest absolute Gasteiger partial charge is 0.633 e. The molecule has 1 aromatic rings. The Morgan fingerprint density at radius 3 is 2.11 bits per heavy atom. The monoisotopic (exact) mass is 263 g/mol. The molecule has 0 saturated carbocycles. The molecule has 0 fully saturated rings. The van der Waals surface area contributed by atoms with E-state index in [2.05, 4.69) is 6.92 Å². The Morgan fingerprint density at radius 2 is 1.47 bits per heavy atom. The van der Waals surface area contributed by atoms with Crippen LogP contribution >= 0.6 is 0 Å². The number of nitrogens with zero attached hydrogens (tertiary/aromatic N) is 1. The molecule has 0 saturated heterocycles. The third kappa shape index (κ3) is 8.02. The number of hydrogen-bond acceptors (Lipinski definition) is 1. The second kappa shape index (κ2) is 9.11. The smallest absolute Gasteiger partial charge is 0.104 e. The number of rotatable bonds is 10. The minimum Gasteiger partial charge on any atom is -0.633 e. The highest BCUT2D eigenvalue weighted by atomic mass is 16.5. The first-order valence-corrected chi connectivity index (χ1v) is 7.73. The number of quaternary nitrogens is 1. The molecule has 0 aliphatic heterocycles. The summed E-state index contributed by atoms with van der Waals surface area (Å²) in [6.45, 7) is 3.57. The average Bonchev–Trinajstić information content (AvgIpc) is 2.38. The lowest BCUT2D eigenvalue weighted by atomic mass is 10.1. The van der Waals surface area contributed by atoms with E-state index >= 15 is 0 Å². The summed E-state index contributed by atoms with van der Waals surface area (Å²) in [4.78, 5) is 0. The van der Waals surface area contributed by atoms with Gasteiger partial charge in [0.05, 0.1) is 13.6 Å². The van der Waals surface area contributed by atoms with E-state index in [1.165, 1.54) is 38.5 Å². The highest BCUT2D eigenvalue weighted by Crippen LogP contribution is 2.13. The number of benzene rings is 1. The average molecular weight is 263 g/mol. The predicted octanol–water partition coefficient (Wildman–Crippen LogP) is 4.88. The van der Waals surface area contributed by atoms with Gasteiger partial charge in [-0.05, 0) is 12.8 Å². The van der Waals surface area contributed by atoms with Gasteiger partial charge in [-0.25, -0.2) is 0 Å². The molecular weight excluding hydrogens is 234 g/mol. The van der Waals surface area contributed by atoms with Crippen molar-refractivity contribution in [3.05, 3.63) is 41.1 Å². The van der Waals surface area contributed by atoms with Gasteiger partial charge >= 0.3 is 0 Å². The maximum Gasteiger partial charge on any atom is 0.104 e. The first kappa shape index (κ1) is 16.2. The van der Waals surface area contributed by atoms with Crippen LogP contribution in [0.2, 0.25) is 0 Å². The molecule has 0 N–H and O–H groups in total. The van der Waals surface area contributed by atoms with Crippen LogP contribution in [0.1, 0.15) is 57.4 Å². The fourth-order valence-electron chi connectivity index (χ4n) is 2.45. The van der Waals surface area contributed by atoms with E-state index in [1.807, 2.05) is 30.3 Å². The molecule has 0 radical (unpaired) electrons. The standard InChI is InChI=1S/C17H29NO/c1-3-4-5-6-7-8-12-15-18(2,19)16-17-13-10-9-11-14-17/h9-11,13-14H,3-8,12,15-16H2,1-2H3. The van der Waals surface area contributed by atoms with Gasteiger partial charge in [0.25, 0.3) is 0 Å². The van der Waals surface area contributed by atoms with Crippen molar-refractivity contribution >= 4 is 0 Å². The second-order valence-corrected chi connectivity index (χ2v) is 5.79. The van der Waals surface area contributed by atoms with Crippen LogP contribution in [-0.2, 0) is 6.54 Å². The first-order chi connectivity index (χ1) is 9.14. The van der Waals surface area contributed by atoms with Crippen molar-refractivity contribution < 1.29 is 4.65 Å². The summed E-state index contributed by atoms with van der Waals surface area (Å²) in [6.07, 6.45) is 8.87. The molecule has 0 bridgehead atoms. The van der Waals surface area contributed by atoms with Crippen LogP contribution in [-0.4, -0.2) is 18.2 Å². The summed E-state index contributed by atoms with van der Waals surface area (Å²) >= 11 is 0. The van der Waals surface area contributed by atoms with Crippen molar-refractivity contribution in [2.45, 2.75) is 58.4 Å². The molecule has 2 heteroatoms. The van der Waals surface area contributed by atoms with Gasteiger partial charge in [-0.1, -0.05) is 69.4 Å². The lowest BCUT2D eigenvalue weighted by Crippen LogP contribution is -2.37. The molecule has 1 aromatic carbocycles. The molecule has 0 aliphatic rings. The number of hydroxylamine groups is 3. The van der Waals surface area contributed by atoms with Crippen LogP contribution in [0, 0.1) is 5.21 Å². The Hall–Kier alpha value is -0.860. The molecule has 0 spiro atoms. The Morgan fingerprint density at radius 1 is 0.895 bits per heavy atom. The first-order valence-electron chi connectivity index (χ1n) is 7.73. The van der Waals surface area contributed by atoms with Crippen LogP contribution in [0.3, 0.4) is 0 Å². The van der Waals surface area contributed by atoms with Crippen molar-refractivity contribution in [3.8, 4) is 0 Å². The Labute approximate surface area is 118 Å². The molecule has 0 aromatic heterocycles. The Bertz CT molecular complexity index is 321. The molecular formula is C17H29NO. The molecule has 0 heterocycles. The number of unbranched alkanes of at least 4 members (excludes halogenated alkanes) is 6. The van der Waals surface area contributed by atoms with Gasteiger partial charge in [0.15, 0.2) is 0 Å². The van der Waals surface area contributed by atoms with E-state index in [-0.39, 0.29) is 4.65 Å². The quantitative estimate of drug-likeness (QED) is 0.335. The van der Waals surface area contributed by atoms with Gasteiger partial charge in [-0.15, -0.1) is 0 Å². The highest BCUT2D eigenvalue weighted by molar-refractivity contribution is 5.13. The topological polar surface area (TPSA) is 23.1 Å². The van der Waals surface area contributed by atoms with Crippen LogP contribution in [0.5, 0.6) is 0 Å². The molecule has 1 rings (SSSR count). The van der Waals surface area contributed by atoms with Crippen molar-refractivity contribution in [1.29, 1.82) is 0 Å². The predicted molar refractivity (Wildman–Crippen MR) is 82.6 cm³/mol. The SMILES string of the molecule is CCCCCCCCC[N+](C)([O-])Cc1ccccc1. The van der Waals surface area contributed by atoms with Crippen LogP contribution in [0.4, 0.5) is 0 Å². The fourth-order valence-corrected chi connectivity index (χ4v) is 2.45. The highest BCUT2D eigenvalue weighted by Gasteiger charge is 2.10. The van der Waals surface area contributed by atoms with Gasteiger partial charge in [0.2, 0.25) is 0 Å². The summed E-state index contributed by atoms with van der Waals surface area (Å²) in [7, 11) is 1.80. The Kier molecular flexibility index (Phi) is 7.76. The van der Waals surface area contributed by atoms with Gasteiger partial charge in [0, 0.05) is 5.56 Å². The zero-order chi connectivity index (χ0) is 14.0. The van der Waals surface area contributed by atoms with E-state index in [0.717, 1.165) is 18.5 Å². The van der Waals surface area contributed by atoms with Gasteiger partial charge < -0.3 is 9.85 Å². The van der Waals surface area contributed by atoms with Crippen molar-refractivity contribution in [2.75, 3.05) is 13.6 Å². The maximum absolute atomic E-state index is 12.3. The van der Waals surface area contributed by atoms with Crippen LogP contribution in [0.15, 0.2) is 30.3 Å². The summed E-state index contributed by atoms with van der Waals surface area (Å²) in [5.41, 5.74) is 1.14. The van der Waals surface area contributed by atoms with Crippen molar-refractivity contribution in [1.82, 2.24) is 0 Å². The molecule has 1 atom stereocenters. The van der Waals surface area contributed by atoms with E-state index in [0.29, 0.717) is 6.54 Å². The van der Waals surface area contributed by atoms with Crippen LogP contribution < -0.4 is 0 Å². The molecule has 1 unspecified atom stereocenters. The normalized spacial score (nSPS) is 14.3. The molecule has 19 heavy (non-hydrogen) atoms. The second-order valence-electron chi connectivity index (χ2n) is 5.79. The van der Waals surface area contributed by atoms with Gasteiger partial charge in [-0.3, -0.25) is 0 Å². The summed E-state index contributed by atoms with van der Waals surface area (Å²) in [6, 6.07) is 10.1. The van der Waals surface area contributed by atoms with E-state index < -0.39 is 0 Å². The third-order valence-electron chi connectivity index (χ3n) is 3.59. The number of hydrogen-bond donors (Lipinski definition) is 0. The van der Waals surface area contributed by atoms with E-state index in [4.69, 9.17) is 0 Å². The molecule has 0 amide bonds. The van der Waals surface area contributed by atoms with Crippen molar-refractivity contribution in [3.63, 3.8) is 0 Å². The van der Waals surface area contributed by atoms with Crippen molar-refractivity contribution in [2.24, 2.45) is 0 Å². The van der Waals surface area contributed by atoms with Gasteiger partial charge in [0.1, 0.15) is 6.54 Å². The zero-order valence-electron chi connectivity index (χ0n) is 12.6. The fraction of sp³-hybridized carbons (Fsp3) is 0.647. The summed E-state index contributed by atoms with van der Waals surface area (Å²) < 4.78 is -0.140. The lowest BCUT2D eigenvalue weighted by Gasteiger charge is -2.38. The molecule has 2 nitrogen and oxygen atoms in total. The summed E-state index contributed by atoms with van der Waals surface area (Å²) in [5.74, 6) is 0. The van der Waals surface area contributed by atoms with Gasteiger partial charge in [-0.2, -0.15) is 0 Å². The van der Waals surface area contributed by atoms with E-state index in [9.17, 15) is 5.21 Å². The minimum atomic E-state index is -0.140. The zero-order valence-corrected chi connectivity index (χ0v) is 12.6. The Balaban J connectivity index is 2.13. The third-order valence-corrected chi connectivity index (χ3v) is 3.59.